The van der Waals surface area contributed by atoms with Crippen molar-refractivity contribution in [1.29, 1.82) is 0 Å². The van der Waals surface area contributed by atoms with E-state index < -0.39 is 5.97 Å². The number of carbonyl (C=O) groups excluding carboxylic acids is 2. The summed E-state index contributed by atoms with van der Waals surface area (Å²) in [5.74, 6) is 0.466. The Kier molecular flexibility index (Phi) is 3.41. The molecule has 1 N–H and O–H groups in total. The lowest BCUT2D eigenvalue weighted by atomic mass is 10.1. The van der Waals surface area contributed by atoms with Gasteiger partial charge in [-0.25, -0.2) is 4.79 Å². The second-order valence-electron chi connectivity index (χ2n) is 4.63. The number of carbonyl (C=O) groups is 2. The smallest absolute Gasteiger partial charge is 0.342 e. The minimum atomic E-state index is -0.507. The third kappa shape index (κ3) is 2.72. The lowest BCUT2D eigenvalue weighted by Gasteiger charge is -2.05. The molecule has 0 spiro atoms. The molecule has 1 aromatic heterocycles. The van der Waals surface area contributed by atoms with Gasteiger partial charge in [-0.2, -0.15) is 0 Å². The van der Waals surface area contributed by atoms with Gasteiger partial charge in [0.05, 0.1) is 0 Å². The molecular weight excluding hydrogens is 234 g/mol. The SMILES string of the molecule is Cc1oc(C)c(C(=O)OCC(=O)NC2CC2)c1C. The van der Waals surface area contributed by atoms with Gasteiger partial charge in [-0.15, -0.1) is 0 Å². The molecule has 1 aliphatic rings. The van der Waals surface area contributed by atoms with Gasteiger partial charge in [0.1, 0.15) is 17.1 Å². The Bertz CT molecular complexity index is 485. The Hall–Kier alpha value is -1.78. The molecule has 98 valence electrons. The monoisotopic (exact) mass is 251 g/mol. The number of furan rings is 1. The van der Waals surface area contributed by atoms with Crippen LogP contribution in [0.15, 0.2) is 4.42 Å². The number of nitrogens with one attached hydrogen (secondary N) is 1. The van der Waals surface area contributed by atoms with Crippen LogP contribution in [-0.4, -0.2) is 24.5 Å². The number of esters is 1. The fourth-order valence-corrected chi connectivity index (χ4v) is 1.79. The summed E-state index contributed by atoms with van der Waals surface area (Å²) < 4.78 is 10.3. The standard InChI is InChI=1S/C13H17NO4/c1-7-8(2)18-9(3)12(7)13(16)17-6-11(15)14-10-4-5-10/h10H,4-6H2,1-3H3,(H,14,15). The average Bonchev–Trinajstić information content (AvgIpc) is 3.05. The molecule has 0 bridgehead atoms. The van der Waals surface area contributed by atoms with Gasteiger partial charge in [-0.1, -0.05) is 0 Å². The van der Waals surface area contributed by atoms with Crippen molar-refractivity contribution in [3.63, 3.8) is 0 Å². The van der Waals surface area contributed by atoms with E-state index in [9.17, 15) is 9.59 Å². The second-order valence-corrected chi connectivity index (χ2v) is 4.63. The molecule has 1 amide bonds. The maximum absolute atomic E-state index is 11.8. The average molecular weight is 251 g/mol. The summed E-state index contributed by atoms with van der Waals surface area (Å²) in [6, 6.07) is 0.274. The van der Waals surface area contributed by atoms with Crippen LogP contribution >= 0.6 is 0 Å². The fraction of sp³-hybridized carbons (Fsp3) is 0.538. The van der Waals surface area contributed by atoms with E-state index in [-0.39, 0.29) is 18.6 Å². The highest BCUT2D eigenvalue weighted by Crippen LogP contribution is 2.21. The number of rotatable bonds is 4. The van der Waals surface area contributed by atoms with Crippen molar-refractivity contribution in [2.24, 2.45) is 0 Å². The predicted octanol–water partition coefficient (Wildman–Crippen LogP) is 1.64. The minimum Gasteiger partial charge on any atom is -0.465 e. The summed E-state index contributed by atoms with van der Waals surface area (Å²) in [7, 11) is 0. The van der Waals surface area contributed by atoms with Gasteiger partial charge in [-0.3, -0.25) is 4.79 Å². The molecule has 0 aromatic carbocycles. The Labute approximate surface area is 105 Å². The molecule has 1 aromatic rings. The van der Waals surface area contributed by atoms with Crippen LogP contribution in [0, 0.1) is 20.8 Å². The summed E-state index contributed by atoms with van der Waals surface area (Å²) in [6.07, 6.45) is 2.03. The molecule has 2 rings (SSSR count). The molecule has 5 nitrogen and oxygen atoms in total. The molecule has 1 heterocycles. The van der Waals surface area contributed by atoms with Crippen LogP contribution in [-0.2, 0) is 9.53 Å². The Morgan fingerprint density at radius 1 is 1.28 bits per heavy atom. The van der Waals surface area contributed by atoms with Crippen LogP contribution in [0.25, 0.3) is 0 Å². The first-order chi connectivity index (χ1) is 8.49. The first-order valence-electron chi connectivity index (χ1n) is 6.02. The van der Waals surface area contributed by atoms with Gasteiger partial charge in [0.15, 0.2) is 6.61 Å². The van der Waals surface area contributed by atoms with Crippen LogP contribution in [0.4, 0.5) is 0 Å². The van der Waals surface area contributed by atoms with E-state index in [1.165, 1.54) is 0 Å². The fourth-order valence-electron chi connectivity index (χ4n) is 1.79. The van der Waals surface area contributed by atoms with E-state index in [1.54, 1.807) is 20.8 Å². The maximum Gasteiger partial charge on any atom is 0.342 e. The maximum atomic E-state index is 11.8. The third-order valence-corrected chi connectivity index (χ3v) is 3.04. The molecular formula is C13H17NO4. The Morgan fingerprint density at radius 3 is 2.44 bits per heavy atom. The lowest BCUT2D eigenvalue weighted by Crippen LogP contribution is -2.30. The largest absolute Gasteiger partial charge is 0.465 e. The van der Waals surface area contributed by atoms with Crippen molar-refractivity contribution in [2.75, 3.05) is 6.61 Å². The van der Waals surface area contributed by atoms with E-state index >= 15 is 0 Å². The molecule has 0 aliphatic heterocycles. The number of ether oxygens (including phenoxy) is 1. The van der Waals surface area contributed by atoms with Crippen LogP contribution in [0.1, 0.15) is 40.3 Å². The highest BCUT2D eigenvalue weighted by molar-refractivity contribution is 5.93. The number of amides is 1. The van der Waals surface area contributed by atoms with Crippen molar-refractivity contribution >= 4 is 11.9 Å². The number of aryl methyl sites for hydroxylation is 2. The molecule has 0 saturated heterocycles. The molecule has 5 heteroatoms. The van der Waals surface area contributed by atoms with E-state index in [4.69, 9.17) is 9.15 Å². The van der Waals surface area contributed by atoms with E-state index in [1.807, 2.05) is 0 Å². The molecule has 1 saturated carbocycles. The minimum absolute atomic E-state index is 0.238. The number of hydrogen-bond acceptors (Lipinski definition) is 4. The molecule has 0 unspecified atom stereocenters. The van der Waals surface area contributed by atoms with E-state index in [2.05, 4.69) is 5.32 Å². The van der Waals surface area contributed by atoms with E-state index in [0.717, 1.165) is 18.4 Å². The van der Waals surface area contributed by atoms with E-state index in [0.29, 0.717) is 17.1 Å². The third-order valence-electron chi connectivity index (χ3n) is 3.04. The summed E-state index contributed by atoms with van der Waals surface area (Å²) in [5, 5.41) is 2.76. The summed E-state index contributed by atoms with van der Waals surface area (Å²) >= 11 is 0. The zero-order valence-electron chi connectivity index (χ0n) is 10.8. The van der Waals surface area contributed by atoms with Crippen molar-refractivity contribution in [2.45, 2.75) is 39.7 Å². The Balaban J connectivity index is 1.92. The van der Waals surface area contributed by atoms with Gasteiger partial charge in [0.2, 0.25) is 0 Å². The zero-order chi connectivity index (χ0) is 13.3. The van der Waals surface area contributed by atoms with Gasteiger partial charge in [0, 0.05) is 11.6 Å². The van der Waals surface area contributed by atoms with Crippen LogP contribution < -0.4 is 5.32 Å². The predicted molar refractivity (Wildman–Crippen MR) is 64.4 cm³/mol. The van der Waals surface area contributed by atoms with Crippen LogP contribution in [0.3, 0.4) is 0 Å². The van der Waals surface area contributed by atoms with Crippen molar-refractivity contribution in [1.82, 2.24) is 5.32 Å². The van der Waals surface area contributed by atoms with Gasteiger partial charge < -0.3 is 14.5 Å². The second kappa shape index (κ2) is 4.84. The first-order valence-corrected chi connectivity index (χ1v) is 6.02. The van der Waals surface area contributed by atoms with Crippen LogP contribution in [0.2, 0.25) is 0 Å². The Morgan fingerprint density at radius 2 is 1.94 bits per heavy atom. The number of hydrogen-bond donors (Lipinski definition) is 1. The van der Waals surface area contributed by atoms with Gasteiger partial charge in [-0.05, 0) is 33.6 Å². The highest BCUT2D eigenvalue weighted by Gasteiger charge is 2.25. The van der Waals surface area contributed by atoms with Crippen molar-refractivity contribution < 1.29 is 18.7 Å². The van der Waals surface area contributed by atoms with Crippen molar-refractivity contribution in [3.8, 4) is 0 Å². The molecule has 0 atom stereocenters. The topological polar surface area (TPSA) is 68.5 Å². The zero-order valence-corrected chi connectivity index (χ0v) is 10.8. The quantitative estimate of drug-likeness (QED) is 0.826. The lowest BCUT2D eigenvalue weighted by molar-refractivity contribution is -0.124. The highest BCUT2D eigenvalue weighted by atomic mass is 16.5. The summed E-state index contributed by atoms with van der Waals surface area (Å²) in [4.78, 5) is 23.2. The molecule has 0 radical (unpaired) electrons. The van der Waals surface area contributed by atoms with Crippen LogP contribution in [0.5, 0.6) is 0 Å². The molecule has 1 aliphatic carbocycles. The van der Waals surface area contributed by atoms with Gasteiger partial charge in [0.25, 0.3) is 5.91 Å². The molecule has 1 fully saturated rings. The first kappa shape index (κ1) is 12.7. The molecule has 18 heavy (non-hydrogen) atoms. The summed E-state index contributed by atoms with van der Waals surface area (Å²) in [5.41, 5.74) is 1.19. The van der Waals surface area contributed by atoms with Crippen molar-refractivity contribution in [3.05, 3.63) is 22.6 Å². The van der Waals surface area contributed by atoms with Gasteiger partial charge >= 0.3 is 5.97 Å². The normalized spacial score (nSPS) is 14.4. The summed E-state index contributed by atoms with van der Waals surface area (Å²) in [6.45, 7) is 5.06.